The van der Waals surface area contributed by atoms with E-state index in [0.717, 1.165) is 16.8 Å². The van der Waals surface area contributed by atoms with Gasteiger partial charge in [0.25, 0.3) is 0 Å². The highest BCUT2D eigenvalue weighted by Crippen LogP contribution is 2.45. The third-order valence-electron chi connectivity index (χ3n) is 5.11. The van der Waals surface area contributed by atoms with E-state index in [9.17, 15) is 4.79 Å². The molecule has 2 aromatic heterocycles. The first kappa shape index (κ1) is 20.6. The lowest BCUT2D eigenvalue weighted by molar-refractivity contribution is -0.116. The second kappa shape index (κ2) is 8.25. The molecule has 0 bridgehead atoms. The van der Waals surface area contributed by atoms with Crippen molar-refractivity contribution in [1.29, 1.82) is 0 Å². The quantitative estimate of drug-likeness (QED) is 0.649. The van der Waals surface area contributed by atoms with Gasteiger partial charge in [-0.15, -0.1) is 10.2 Å². The highest BCUT2D eigenvalue weighted by Gasteiger charge is 2.35. The van der Waals surface area contributed by atoms with E-state index >= 15 is 0 Å². The van der Waals surface area contributed by atoms with Gasteiger partial charge in [-0.05, 0) is 32.9 Å². The van der Waals surface area contributed by atoms with Crippen LogP contribution in [0.1, 0.15) is 43.0 Å². The molecule has 1 aromatic carbocycles. The summed E-state index contributed by atoms with van der Waals surface area (Å²) in [6, 6.07) is 9.17. The topological polar surface area (TPSA) is 100 Å². The molecule has 0 radical (unpaired) electrons. The summed E-state index contributed by atoms with van der Waals surface area (Å²) in [7, 11) is 3.14. The van der Waals surface area contributed by atoms with E-state index in [1.807, 2.05) is 39.0 Å². The lowest BCUT2D eigenvalue weighted by Gasteiger charge is -2.27. The summed E-state index contributed by atoms with van der Waals surface area (Å²) in [5, 5.41) is 15.8. The summed E-state index contributed by atoms with van der Waals surface area (Å²) in [6.45, 7) is 5.83. The second-order valence-corrected chi connectivity index (χ2v) is 7.54. The second-order valence-electron chi connectivity index (χ2n) is 7.54. The van der Waals surface area contributed by atoms with Gasteiger partial charge in [0.2, 0.25) is 11.8 Å². The number of rotatable bonds is 6. The first-order valence-electron chi connectivity index (χ1n) is 10.0. The molecule has 1 atom stereocenters. The van der Waals surface area contributed by atoms with Gasteiger partial charge in [0.05, 0.1) is 26.0 Å². The summed E-state index contributed by atoms with van der Waals surface area (Å²) in [5.41, 5.74) is 2.59. The minimum Gasteiger partial charge on any atom is -0.493 e. The highest BCUT2D eigenvalue weighted by atomic mass is 16.5. The van der Waals surface area contributed by atoms with Gasteiger partial charge in [0.1, 0.15) is 5.82 Å². The molecule has 1 aliphatic heterocycles. The van der Waals surface area contributed by atoms with Crippen LogP contribution in [0, 0.1) is 6.92 Å². The van der Waals surface area contributed by atoms with Gasteiger partial charge in [-0.2, -0.15) is 9.78 Å². The Balaban J connectivity index is 1.86. The predicted molar refractivity (Wildman–Crippen MR) is 114 cm³/mol. The zero-order valence-corrected chi connectivity index (χ0v) is 18.2. The number of aryl methyl sites for hydroxylation is 1. The molecule has 0 spiro atoms. The van der Waals surface area contributed by atoms with Crippen molar-refractivity contribution in [3.8, 4) is 23.2 Å². The fraction of sp³-hybridized carbons (Fsp3) is 0.364. The molecule has 4 rings (SSSR count). The monoisotopic (exact) mass is 423 g/mol. The summed E-state index contributed by atoms with van der Waals surface area (Å²) in [6.07, 6.45) is 0.223. The number of nitrogens with one attached hydrogen (secondary N) is 1. The number of anilines is 1. The van der Waals surface area contributed by atoms with Crippen LogP contribution in [0.15, 0.2) is 30.3 Å². The van der Waals surface area contributed by atoms with Gasteiger partial charge in [0, 0.05) is 29.5 Å². The van der Waals surface area contributed by atoms with E-state index in [1.54, 1.807) is 23.9 Å². The minimum atomic E-state index is -0.243. The van der Waals surface area contributed by atoms with Crippen LogP contribution < -0.4 is 19.5 Å². The van der Waals surface area contributed by atoms with Crippen molar-refractivity contribution in [3.63, 3.8) is 0 Å². The standard InChI is InChI=1S/C22H25N5O4/c1-12(2)31-21-14(7-6-8-16(21)29-4)15-11-18(28)23-22-20(15)13(3)26-27(22)17-9-10-19(30-5)25-24-17/h6-10,12,15H,11H2,1-5H3,(H,23,28)/t15-/m1/s1. The van der Waals surface area contributed by atoms with Crippen LogP contribution in [0.25, 0.3) is 5.82 Å². The van der Waals surface area contributed by atoms with Crippen LogP contribution in [0.3, 0.4) is 0 Å². The van der Waals surface area contributed by atoms with Gasteiger partial charge in [-0.1, -0.05) is 12.1 Å². The Hall–Kier alpha value is -3.62. The Morgan fingerprint density at radius 2 is 1.94 bits per heavy atom. The minimum absolute atomic E-state index is 0.0506. The number of hydrogen-bond donors (Lipinski definition) is 1. The number of fused-ring (bicyclic) bond motifs is 1. The molecule has 1 amide bonds. The number of carbonyl (C=O) groups excluding carboxylic acids is 1. The lowest BCUT2D eigenvalue weighted by Crippen LogP contribution is -2.25. The van der Waals surface area contributed by atoms with E-state index in [1.165, 1.54) is 7.11 Å². The summed E-state index contributed by atoms with van der Waals surface area (Å²) in [5.74, 6) is 2.38. The summed E-state index contributed by atoms with van der Waals surface area (Å²) in [4.78, 5) is 12.7. The Morgan fingerprint density at radius 1 is 1.13 bits per heavy atom. The lowest BCUT2D eigenvalue weighted by atomic mass is 9.85. The Morgan fingerprint density at radius 3 is 2.58 bits per heavy atom. The number of para-hydroxylation sites is 1. The van der Waals surface area contributed by atoms with Crippen molar-refractivity contribution in [1.82, 2.24) is 20.0 Å². The van der Waals surface area contributed by atoms with Gasteiger partial charge in [-0.3, -0.25) is 4.79 Å². The van der Waals surface area contributed by atoms with Crippen molar-refractivity contribution < 1.29 is 19.0 Å². The van der Waals surface area contributed by atoms with Crippen molar-refractivity contribution in [3.05, 3.63) is 47.2 Å². The van der Waals surface area contributed by atoms with Gasteiger partial charge in [0.15, 0.2) is 17.3 Å². The molecule has 3 heterocycles. The fourth-order valence-electron chi connectivity index (χ4n) is 3.84. The number of methoxy groups -OCH3 is 2. The first-order chi connectivity index (χ1) is 14.9. The van der Waals surface area contributed by atoms with Crippen molar-refractivity contribution >= 4 is 11.7 Å². The van der Waals surface area contributed by atoms with E-state index in [4.69, 9.17) is 14.2 Å². The summed E-state index contributed by atoms with van der Waals surface area (Å²) < 4.78 is 18.3. The third-order valence-corrected chi connectivity index (χ3v) is 5.11. The van der Waals surface area contributed by atoms with Crippen LogP contribution >= 0.6 is 0 Å². The number of aromatic nitrogens is 4. The molecule has 31 heavy (non-hydrogen) atoms. The normalized spacial score (nSPS) is 15.4. The molecule has 3 aromatic rings. The molecule has 162 valence electrons. The maximum absolute atomic E-state index is 12.7. The predicted octanol–water partition coefficient (Wildman–Crippen LogP) is 3.25. The number of ether oxygens (including phenoxy) is 3. The van der Waals surface area contributed by atoms with Crippen LogP contribution in [0.4, 0.5) is 5.82 Å². The molecule has 0 aliphatic carbocycles. The SMILES string of the molecule is COc1ccc(-n2nc(C)c3c2NC(=O)C[C@@H]3c2cccc(OC)c2OC(C)C)nn1. The number of benzene rings is 1. The first-order valence-corrected chi connectivity index (χ1v) is 10.0. The highest BCUT2D eigenvalue weighted by molar-refractivity contribution is 5.95. The molecule has 0 saturated carbocycles. The number of nitrogens with zero attached hydrogens (tertiary/aromatic N) is 4. The van der Waals surface area contributed by atoms with E-state index in [2.05, 4.69) is 20.6 Å². The van der Waals surface area contributed by atoms with Crippen molar-refractivity contribution in [2.24, 2.45) is 0 Å². The van der Waals surface area contributed by atoms with Crippen LogP contribution in [-0.2, 0) is 4.79 Å². The molecular formula is C22H25N5O4. The zero-order valence-electron chi connectivity index (χ0n) is 18.2. The molecule has 0 saturated heterocycles. The van der Waals surface area contributed by atoms with E-state index in [0.29, 0.717) is 29.0 Å². The molecule has 1 N–H and O–H groups in total. The smallest absolute Gasteiger partial charge is 0.233 e. The van der Waals surface area contributed by atoms with Crippen molar-refractivity contribution in [2.45, 2.75) is 39.2 Å². The molecule has 0 unspecified atom stereocenters. The zero-order chi connectivity index (χ0) is 22.1. The van der Waals surface area contributed by atoms with Crippen LogP contribution in [0.2, 0.25) is 0 Å². The average Bonchev–Trinajstić information content (AvgIpc) is 3.09. The van der Waals surface area contributed by atoms with Crippen LogP contribution in [-0.4, -0.2) is 46.2 Å². The molecule has 9 heteroatoms. The van der Waals surface area contributed by atoms with Gasteiger partial charge in [-0.25, -0.2) is 0 Å². The number of amides is 1. The Labute approximate surface area is 180 Å². The fourth-order valence-corrected chi connectivity index (χ4v) is 3.84. The molecule has 1 aliphatic rings. The summed E-state index contributed by atoms with van der Waals surface area (Å²) >= 11 is 0. The van der Waals surface area contributed by atoms with Crippen LogP contribution in [0.5, 0.6) is 17.4 Å². The third kappa shape index (κ3) is 3.78. The molecule has 0 fully saturated rings. The van der Waals surface area contributed by atoms with Gasteiger partial charge < -0.3 is 19.5 Å². The Bertz CT molecular complexity index is 1110. The van der Waals surface area contributed by atoms with Gasteiger partial charge >= 0.3 is 0 Å². The molecular weight excluding hydrogens is 398 g/mol. The maximum atomic E-state index is 12.7. The maximum Gasteiger partial charge on any atom is 0.233 e. The average molecular weight is 423 g/mol. The largest absolute Gasteiger partial charge is 0.493 e. The van der Waals surface area contributed by atoms with E-state index < -0.39 is 0 Å². The van der Waals surface area contributed by atoms with Crippen molar-refractivity contribution in [2.75, 3.05) is 19.5 Å². The Kier molecular flexibility index (Phi) is 5.50. The number of hydrogen-bond acceptors (Lipinski definition) is 7. The molecule has 9 nitrogen and oxygen atoms in total. The van der Waals surface area contributed by atoms with E-state index in [-0.39, 0.29) is 24.3 Å². The number of carbonyl (C=O) groups is 1.